The molecule has 4 nitrogen and oxygen atoms in total. The van der Waals surface area contributed by atoms with E-state index >= 15 is 0 Å². The molecule has 3 N–H and O–H groups in total. The van der Waals surface area contributed by atoms with Gasteiger partial charge in [-0.25, -0.2) is 8.42 Å². The second kappa shape index (κ2) is 5.80. The van der Waals surface area contributed by atoms with Crippen molar-refractivity contribution in [1.29, 1.82) is 0 Å². The van der Waals surface area contributed by atoms with Crippen LogP contribution in [0.15, 0.2) is 39.0 Å². The van der Waals surface area contributed by atoms with Crippen LogP contribution in [-0.2, 0) is 16.6 Å². The Morgan fingerprint density at radius 2 is 2.05 bits per heavy atom. The van der Waals surface area contributed by atoms with Crippen molar-refractivity contribution in [3.8, 4) is 0 Å². The van der Waals surface area contributed by atoms with E-state index in [0.29, 0.717) is 21.7 Å². The summed E-state index contributed by atoms with van der Waals surface area (Å²) in [6.07, 6.45) is 0. The van der Waals surface area contributed by atoms with Crippen LogP contribution in [0.5, 0.6) is 0 Å². The quantitative estimate of drug-likeness (QED) is 0.852. The van der Waals surface area contributed by atoms with Crippen LogP contribution in [0.4, 0.5) is 5.69 Å². The number of halogens is 2. The molecule has 0 saturated heterocycles. The van der Waals surface area contributed by atoms with Gasteiger partial charge in [0.1, 0.15) is 4.21 Å². The minimum atomic E-state index is -3.58. The van der Waals surface area contributed by atoms with Crippen molar-refractivity contribution in [3.05, 3.63) is 44.7 Å². The average Bonchev–Trinajstić information content (AvgIpc) is 2.83. The van der Waals surface area contributed by atoms with E-state index < -0.39 is 10.0 Å². The zero-order chi connectivity index (χ0) is 14.0. The Bertz CT molecular complexity index is 700. The summed E-state index contributed by atoms with van der Waals surface area (Å²) in [6.45, 7) is 0.326. The van der Waals surface area contributed by atoms with Gasteiger partial charge in [-0.05, 0) is 46.3 Å². The molecule has 0 bridgehead atoms. The zero-order valence-electron chi connectivity index (χ0n) is 9.56. The number of hydrogen-bond acceptors (Lipinski definition) is 4. The molecule has 0 spiro atoms. The summed E-state index contributed by atoms with van der Waals surface area (Å²) < 4.78 is 27.6. The summed E-state index contributed by atoms with van der Waals surface area (Å²) in [5.74, 6) is 0. The van der Waals surface area contributed by atoms with Gasteiger partial charge in [-0.1, -0.05) is 11.6 Å². The Labute approximate surface area is 128 Å². The zero-order valence-corrected chi connectivity index (χ0v) is 13.5. The molecule has 0 aliphatic rings. The van der Waals surface area contributed by atoms with Crippen LogP contribution in [0.25, 0.3) is 0 Å². The molecule has 0 atom stereocenters. The molecule has 0 fully saturated rings. The fraction of sp³-hybridized carbons (Fsp3) is 0.0909. The lowest BCUT2D eigenvalue weighted by atomic mass is 10.3. The predicted molar refractivity (Wildman–Crippen MR) is 82.2 cm³/mol. The molecule has 102 valence electrons. The maximum atomic E-state index is 12.1. The van der Waals surface area contributed by atoms with Crippen molar-refractivity contribution in [2.45, 2.75) is 10.8 Å². The van der Waals surface area contributed by atoms with Crippen molar-refractivity contribution < 1.29 is 8.42 Å². The Kier molecular flexibility index (Phi) is 4.52. The number of benzene rings is 1. The largest absolute Gasteiger partial charge is 0.326 e. The number of nitrogens with one attached hydrogen (secondary N) is 1. The molecule has 0 amide bonds. The third-order valence-corrected chi connectivity index (χ3v) is 6.47. The van der Waals surface area contributed by atoms with Crippen molar-refractivity contribution in [2.75, 3.05) is 4.72 Å². The Morgan fingerprint density at radius 1 is 1.32 bits per heavy atom. The highest BCUT2D eigenvalue weighted by Crippen LogP contribution is 2.28. The van der Waals surface area contributed by atoms with Crippen molar-refractivity contribution in [2.24, 2.45) is 5.73 Å². The number of nitrogens with two attached hydrogens (primary N) is 1. The molecule has 1 aromatic carbocycles. The van der Waals surface area contributed by atoms with Gasteiger partial charge in [-0.15, -0.1) is 11.3 Å². The fourth-order valence-electron chi connectivity index (χ4n) is 1.38. The molecule has 0 radical (unpaired) electrons. The summed E-state index contributed by atoms with van der Waals surface area (Å²) in [5.41, 5.74) is 5.91. The van der Waals surface area contributed by atoms with Crippen LogP contribution < -0.4 is 10.5 Å². The number of anilines is 1. The van der Waals surface area contributed by atoms with E-state index in [9.17, 15) is 8.42 Å². The third kappa shape index (κ3) is 3.49. The molecule has 8 heteroatoms. The summed E-state index contributed by atoms with van der Waals surface area (Å²) in [5, 5.41) is 0.518. The maximum absolute atomic E-state index is 12.1. The van der Waals surface area contributed by atoms with E-state index in [1.807, 2.05) is 0 Å². The lowest BCUT2D eigenvalue weighted by Crippen LogP contribution is -2.11. The van der Waals surface area contributed by atoms with E-state index in [1.54, 1.807) is 30.3 Å². The fourth-order valence-corrected chi connectivity index (χ4v) is 4.16. The van der Waals surface area contributed by atoms with Gasteiger partial charge in [0, 0.05) is 15.9 Å². The first-order valence-electron chi connectivity index (χ1n) is 5.19. The van der Waals surface area contributed by atoms with Gasteiger partial charge in [-0.3, -0.25) is 4.72 Å². The number of hydrogen-bond donors (Lipinski definition) is 2. The van der Waals surface area contributed by atoms with Crippen molar-refractivity contribution >= 4 is 54.6 Å². The van der Waals surface area contributed by atoms with Crippen LogP contribution in [0.3, 0.4) is 0 Å². The smallest absolute Gasteiger partial charge is 0.271 e. The molecule has 1 heterocycles. The van der Waals surface area contributed by atoms with Crippen LogP contribution in [-0.4, -0.2) is 8.42 Å². The summed E-state index contributed by atoms with van der Waals surface area (Å²) >= 11 is 10.3. The second-order valence-corrected chi connectivity index (χ2v) is 8.00. The average molecular weight is 382 g/mol. The molecule has 2 aromatic rings. The second-order valence-electron chi connectivity index (χ2n) is 3.66. The van der Waals surface area contributed by atoms with Gasteiger partial charge in [-0.2, -0.15) is 0 Å². The first kappa shape index (κ1) is 14.8. The molecule has 0 unspecified atom stereocenters. The number of rotatable bonds is 4. The summed E-state index contributed by atoms with van der Waals surface area (Å²) in [4.78, 5) is 0.817. The van der Waals surface area contributed by atoms with Gasteiger partial charge < -0.3 is 5.73 Å². The van der Waals surface area contributed by atoms with Crippen LogP contribution >= 0.6 is 38.9 Å². The Hall–Kier alpha value is -0.600. The SMILES string of the molecule is NCc1ccc(S(=O)(=O)Nc2ccc(Cl)c(Br)c2)s1. The van der Waals surface area contributed by atoms with E-state index in [4.69, 9.17) is 17.3 Å². The number of thiophene rings is 1. The first-order valence-corrected chi connectivity index (χ1v) is 8.66. The van der Waals surface area contributed by atoms with Gasteiger partial charge in [0.2, 0.25) is 0 Å². The van der Waals surface area contributed by atoms with Crippen LogP contribution in [0, 0.1) is 0 Å². The van der Waals surface area contributed by atoms with E-state index in [-0.39, 0.29) is 4.21 Å². The van der Waals surface area contributed by atoms with Gasteiger partial charge in [0.15, 0.2) is 0 Å². The van der Waals surface area contributed by atoms with Crippen LogP contribution in [0.2, 0.25) is 5.02 Å². The standard InChI is InChI=1S/C11H10BrClN2O2S2/c12-9-5-7(1-3-10(9)13)15-19(16,17)11-4-2-8(6-14)18-11/h1-5,15H,6,14H2. The van der Waals surface area contributed by atoms with Gasteiger partial charge >= 0.3 is 0 Å². The normalized spacial score (nSPS) is 11.5. The van der Waals surface area contributed by atoms with Gasteiger partial charge in [0.05, 0.1) is 10.7 Å². The molecular weight excluding hydrogens is 372 g/mol. The highest BCUT2D eigenvalue weighted by molar-refractivity contribution is 9.10. The molecule has 0 saturated carbocycles. The van der Waals surface area contributed by atoms with Gasteiger partial charge in [0.25, 0.3) is 10.0 Å². The van der Waals surface area contributed by atoms with E-state index in [2.05, 4.69) is 20.7 Å². The highest BCUT2D eigenvalue weighted by Gasteiger charge is 2.17. The summed E-state index contributed by atoms with van der Waals surface area (Å²) in [6, 6.07) is 8.07. The Morgan fingerprint density at radius 3 is 2.63 bits per heavy atom. The predicted octanol–water partition coefficient (Wildman–Crippen LogP) is 3.42. The Balaban J connectivity index is 2.28. The topological polar surface area (TPSA) is 72.2 Å². The minimum absolute atomic E-state index is 0.235. The maximum Gasteiger partial charge on any atom is 0.271 e. The number of sulfonamides is 1. The monoisotopic (exact) mass is 380 g/mol. The lowest BCUT2D eigenvalue weighted by molar-refractivity contribution is 0.603. The molecular formula is C11H10BrClN2O2S2. The summed E-state index contributed by atoms with van der Waals surface area (Å²) in [7, 11) is -3.58. The van der Waals surface area contributed by atoms with E-state index in [1.165, 1.54) is 0 Å². The third-order valence-electron chi connectivity index (χ3n) is 2.27. The van der Waals surface area contributed by atoms with Crippen molar-refractivity contribution in [3.63, 3.8) is 0 Å². The first-order chi connectivity index (χ1) is 8.92. The van der Waals surface area contributed by atoms with E-state index in [0.717, 1.165) is 16.2 Å². The molecule has 1 aromatic heterocycles. The van der Waals surface area contributed by atoms with Crippen molar-refractivity contribution in [1.82, 2.24) is 0 Å². The minimum Gasteiger partial charge on any atom is -0.326 e. The molecule has 0 aliphatic heterocycles. The highest BCUT2D eigenvalue weighted by atomic mass is 79.9. The lowest BCUT2D eigenvalue weighted by Gasteiger charge is -2.07. The molecule has 2 rings (SSSR count). The molecule has 0 aliphatic carbocycles. The van der Waals surface area contributed by atoms with Crippen LogP contribution in [0.1, 0.15) is 4.88 Å². The molecule has 19 heavy (non-hydrogen) atoms.